The van der Waals surface area contributed by atoms with E-state index in [1.54, 1.807) is 13.8 Å². The van der Waals surface area contributed by atoms with Crippen molar-refractivity contribution in [2.45, 2.75) is 33.7 Å². The number of carbonyl (C=O) groups is 2. The van der Waals surface area contributed by atoms with Crippen LogP contribution in [0.25, 0.3) is 0 Å². The quantitative estimate of drug-likeness (QED) is 0.618. The summed E-state index contributed by atoms with van der Waals surface area (Å²) in [5.74, 6) is 0.901. The van der Waals surface area contributed by atoms with E-state index < -0.39 is 6.04 Å². The van der Waals surface area contributed by atoms with E-state index in [4.69, 9.17) is 11.6 Å². The molecule has 1 unspecified atom stereocenters. The molecule has 0 saturated carbocycles. The minimum absolute atomic E-state index is 0.0739. The highest BCUT2D eigenvalue weighted by molar-refractivity contribution is 6.32. The fraction of sp³-hybridized carbons (Fsp3) is 0.538. The molecule has 0 saturated heterocycles. The number of aromatic nitrogens is 2. The van der Waals surface area contributed by atoms with Gasteiger partial charge in [-0.2, -0.15) is 0 Å². The number of amides is 1. The van der Waals surface area contributed by atoms with E-state index in [1.807, 2.05) is 13.8 Å². The molecule has 0 radical (unpaired) electrons. The average molecular weight is 299 g/mol. The first-order valence-corrected chi connectivity index (χ1v) is 6.76. The SMILES string of the molecule is Cc1nc(Cl)c(C=O)c(NC(C)C(=O)NCC(C)C)n1. The Balaban J connectivity index is 2.82. The van der Waals surface area contributed by atoms with Crippen LogP contribution in [-0.4, -0.2) is 34.7 Å². The van der Waals surface area contributed by atoms with Crippen molar-refractivity contribution in [3.05, 3.63) is 16.5 Å². The van der Waals surface area contributed by atoms with Gasteiger partial charge in [0.15, 0.2) is 6.29 Å². The summed E-state index contributed by atoms with van der Waals surface area (Å²) in [6, 6.07) is -0.530. The molecule has 0 aliphatic heterocycles. The summed E-state index contributed by atoms with van der Waals surface area (Å²) in [4.78, 5) is 30.9. The molecular weight excluding hydrogens is 280 g/mol. The maximum atomic E-state index is 11.9. The topological polar surface area (TPSA) is 84.0 Å². The molecule has 1 rings (SSSR count). The van der Waals surface area contributed by atoms with Crippen molar-refractivity contribution < 1.29 is 9.59 Å². The first kappa shape index (κ1) is 16.4. The van der Waals surface area contributed by atoms with Crippen LogP contribution in [0.5, 0.6) is 0 Å². The summed E-state index contributed by atoms with van der Waals surface area (Å²) in [7, 11) is 0. The lowest BCUT2D eigenvalue weighted by Gasteiger charge is -2.17. The maximum absolute atomic E-state index is 11.9. The molecule has 7 heteroatoms. The van der Waals surface area contributed by atoms with Gasteiger partial charge in [-0.15, -0.1) is 0 Å². The molecule has 2 N–H and O–H groups in total. The maximum Gasteiger partial charge on any atom is 0.242 e. The Labute approximate surface area is 123 Å². The van der Waals surface area contributed by atoms with Crippen LogP contribution in [0, 0.1) is 12.8 Å². The van der Waals surface area contributed by atoms with Crippen LogP contribution in [-0.2, 0) is 4.79 Å². The Bertz CT molecular complexity index is 505. The summed E-state index contributed by atoms with van der Waals surface area (Å²) >= 11 is 5.88. The van der Waals surface area contributed by atoms with Gasteiger partial charge < -0.3 is 10.6 Å². The molecule has 0 aliphatic rings. The summed E-state index contributed by atoms with van der Waals surface area (Å²) in [6.45, 7) is 7.96. The number of rotatable bonds is 6. The van der Waals surface area contributed by atoms with Crippen LogP contribution < -0.4 is 10.6 Å². The Morgan fingerprint density at radius 1 is 1.35 bits per heavy atom. The van der Waals surface area contributed by atoms with E-state index in [1.165, 1.54) is 0 Å². The Morgan fingerprint density at radius 3 is 2.55 bits per heavy atom. The van der Waals surface area contributed by atoms with Crippen LogP contribution in [0.15, 0.2) is 0 Å². The third-order valence-electron chi connectivity index (χ3n) is 2.56. The second-order valence-corrected chi connectivity index (χ2v) is 5.30. The van der Waals surface area contributed by atoms with Crippen LogP contribution >= 0.6 is 11.6 Å². The number of aryl methyl sites for hydroxylation is 1. The largest absolute Gasteiger partial charge is 0.358 e. The van der Waals surface area contributed by atoms with Crippen molar-refractivity contribution in [3.8, 4) is 0 Å². The fourth-order valence-electron chi connectivity index (χ4n) is 1.49. The highest BCUT2D eigenvalue weighted by atomic mass is 35.5. The molecule has 0 fully saturated rings. The van der Waals surface area contributed by atoms with Gasteiger partial charge in [0.05, 0.1) is 5.56 Å². The Morgan fingerprint density at radius 2 is 2.00 bits per heavy atom. The van der Waals surface area contributed by atoms with Gasteiger partial charge in [0, 0.05) is 6.54 Å². The van der Waals surface area contributed by atoms with Crippen molar-refractivity contribution in [2.75, 3.05) is 11.9 Å². The molecular formula is C13H19ClN4O2. The van der Waals surface area contributed by atoms with Crippen LogP contribution in [0.3, 0.4) is 0 Å². The van der Waals surface area contributed by atoms with Gasteiger partial charge in [-0.3, -0.25) is 9.59 Å². The minimum Gasteiger partial charge on any atom is -0.358 e. The molecule has 0 bridgehead atoms. The molecule has 1 atom stereocenters. The van der Waals surface area contributed by atoms with E-state index >= 15 is 0 Å². The summed E-state index contributed by atoms with van der Waals surface area (Å²) in [6.07, 6.45) is 0.572. The molecule has 1 amide bonds. The number of nitrogens with zero attached hydrogens (tertiary/aromatic N) is 2. The molecule has 1 aromatic rings. The highest BCUT2D eigenvalue weighted by Crippen LogP contribution is 2.19. The highest BCUT2D eigenvalue weighted by Gasteiger charge is 2.17. The van der Waals surface area contributed by atoms with E-state index in [-0.39, 0.29) is 22.4 Å². The van der Waals surface area contributed by atoms with Gasteiger partial charge in [-0.25, -0.2) is 9.97 Å². The monoisotopic (exact) mass is 298 g/mol. The van der Waals surface area contributed by atoms with Gasteiger partial charge in [0.25, 0.3) is 0 Å². The number of hydrogen-bond donors (Lipinski definition) is 2. The van der Waals surface area contributed by atoms with Crippen molar-refractivity contribution in [3.63, 3.8) is 0 Å². The van der Waals surface area contributed by atoms with Gasteiger partial charge in [-0.1, -0.05) is 25.4 Å². The average Bonchev–Trinajstić information content (AvgIpc) is 2.35. The van der Waals surface area contributed by atoms with Crippen molar-refractivity contribution in [1.82, 2.24) is 15.3 Å². The van der Waals surface area contributed by atoms with Crippen LogP contribution in [0.2, 0.25) is 5.15 Å². The lowest BCUT2D eigenvalue weighted by molar-refractivity contribution is -0.121. The van der Waals surface area contributed by atoms with Crippen LogP contribution in [0.1, 0.15) is 37.0 Å². The molecule has 0 spiro atoms. The second-order valence-electron chi connectivity index (χ2n) is 4.95. The van der Waals surface area contributed by atoms with E-state index in [0.717, 1.165) is 0 Å². The third-order valence-corrected chi connectivity index (χ3v) is 2.85. The normalized spacial score (nSPS) is 12.1. The number of carbonyl (C=O) groups excluding carboxylic acids is 2. The smallest absolute Gasteiger partial charge is 0.242 e. The Kier molecular flexibility index (Phi) is 5.88. The van der Waals surface area contributed by atoms with Crippen LogP contribution in [0.4, 0.5) is 5.82 Å². The van der Waals surface area contributed by atoms with Gasteiger partial charge in [-0.05, 0) is 19.8 Å². The lowest BCUT2D eigenvalue weighted by atomic mass is 10.2. The van der Waals surface area contributed by atoms with Gasteiger partial charge in [0.1, 0.15) is 22.8 Å². The number of hydrogen-bond acceptors (Lipinski definition) is 5. The first-order valence-electron chi connectivity index (χ1n) is 6.38. The molecule has 110 valence electrons. The number of aldehydes is 1. The zero-order valence-corrected chi connectivity index (χ0v) is 12.8. The molecule has 0 aliphatic carbocycles. The third kappa shape index (κ3) is 4.45. The number of anilines is 1. The Hall–Kier alpha value is -1.69. The van der Waals surface area contributed by atoms with E-state index in [0.29, 0.717) is 24.6 Å². The van der Waals surface area contributed by atoms with Crippen molar-refractivity contribution in [1.29, 1.82) is 0 Å². The predicted molar refractivity (Wildman–Crippen MR) is 78.1 cm³/mol. The van der Waals surface area contributed by atoms with Gasteiger partial charge >= 0.3 is 0 Å². The first-order chi connectivity index (χ1) is 9.35. The zero-order valence-electron chi connectivity index (χ0n) is 12.0. The lowest BCUT2D eigenvalue weighted by Crippen LogP contribution is -2.39. The summed E-state index contributed by atoms with van der Waals surface area (Å²) in [5, 5.41) is 5.76. The molecule has 20 heavy (non-hydrogen) atoms. The number of nitrogens with one attached hydrogen (secondary N) is 2. The molecule has 6 nitrogen and oxygen atoms in total. The minimum atomic E-state index is -0.530. The van der Waals surface area contributed by atoms with Gasteiger partial charge in [0.2, 0.25) is 5.91 Å². The fourth-order valence-corrected chi connectivity index (χ4v) is 1.75. The molecule has 0 aromatic carbocycles. The number of halogens is 1. The molecule has 1 aromatic heterocycles. The van der Waals surface area contributed by atoms with E-state index in [9.17, 15) is 9.59 Å². The summed E-state index contributed by atoms with van der Waals surface area (Å²) in [5.41, 5.74) is 0.153. The summed E-state index contributed by atoms with van der Waals surface area (Å²) < 4.78 is 0. The van der Waals surface area contributed by atoms with Crippen molar-refractivity contribution in [2.24, 2.45) is 5.92 Å². The predicted octanol–water partition coefficient (Wildman–Crippen LogP) is 1.82. The molecule has 1 heterocycles. The zero-order chi connectivity index (χ0) is 15.3. The second kappa shape index (κ2) is 7.19. The standard InChI is InChI=1S/C13H19ClN4O2/c1-7(2)5-15-13(20)8(3)16-12-10(6-19)11(14)17-9(4)18-12/h6-8H,5H2,1-4H3,(H,15,20)(H,16,17,18). The van der Waals surface area contributed by atoms with Crippen molar-refractivity contribution >= 4 is 29.6 Å². The van der Waals surface area contributed by atoms with E-state index in [2.05, 4.69) is 20.6 Å².